The molecule has 0 amide bonds. The molecule has 22 heavy (non-hydrogen) atoms. The summed E-state index contributed by atoms with van der Waals surface area (Å²) in [6, 6.07) is 4.35. The first kappa shape index (κ1) is 21.5. The summed E-state index contributed by atoms with van der Waals surface area (Å²) in [6.07, 6.45) is 12.1. The minimum absolute atomic E-state index is 0. The Hall–Kier alpha value is -0.510. The van der Waals surface area contributed by atoms with Crippen LogP contribution in [0, 0.1) is 0 Å². The van der Waals surface area contributed by atoms with E-state index in [1.54, 1.807) is 12.1 Å². The Morgan fingerprint density at radius 1 is 0.955 bits per heavy atom. The number of rotatable bonds is 11. The molecule has 1 rings (SSSR count). The second-order valence-electron chi connectivity index (χ2n) is 5.75. The second-order valence-corrected chi connectivity index (χ2v) is 5.75. The molecule has 0 spiro atoms. The number of hydrogen-bond acceptors (Lipinski definition) is 2. The fourth-order valence-electron chi connectivity index (χ4n) is 2.57. The standard InChI is InChI=1S/C18H28O3.Na/c1-2-3-4-5-6-7-8-9-10-11-15-12-16(18(20)21)14-17(19)13-15;/h12-14,19H,2-11H2,1H3,(H,20,21);/q;+1/p-1. The average Bonchev–Trinajstić information content (AvgIpc) is 2.45. The maximum absolute atomic E-state index is 11.4. The van der Waals surface area contributed by atoms with Gasteiger partial charge in [0.2, 0.25) is 0 Å². The number of hydrogen-bond donors (Lipinski definition) is 1. The van der Waals surface area contributed by atoms with Crippen LogP contribution in [0.25, 0.3) is 0 Å². The van der Waals surface area contributed by atoms with Crippen LogP contribution in [0.2, 0.25) is 0 Å². The number of unbranched alkanes of at least 4 members (excludes halogenated alkanes) is 8. The van der Waals surface area contributed by atoms with Gasteiger partial charge in [0, 0.05) is 0 Å². The van der Waals surface area contributed by atoms with Crippen molar-refractivity contribution in [3.05, 3.63) is 29.3 Å². The molecule has 1 aromatic carbocycles. The van der Waals surface area contributed by atoms with Crippen LogP contribution in [0.3, 0.4) is 0 Å². The molecule has 0 heterocycles. The maximum atomic E-state index is 11.4. The SMILES string of the molecule is CCCCCCCCCCCc1cc([O-])cc(C(=O)O)c1.[Na+]. The van der Waals surface area contributed by atoms with Gasteiger partial charge in [0.1, 0.15) is 0 Å². The largest absolute Gasteiger partial charge is 1.00 e. The van der Waals surface area contributed by atoms with Gasteiger partial charge in [-0.05, 0) is 24.5 Å². The van der Waals surface area contributed by atoms with E-state index < -0.39 is 5.97 Å². The third-order valence-corrected chi connectivity index (χ3v) is 3.78. The summed E-state index contributed by atoms with van der Waals surface area (Å²) < 4.78 is 0. The molecule has 1 N–H and O–H groups in total. The number of carbonyl (C=O) groups is 1. The van der Waals surface area contributed by atoms with E-state index in [0.29, 0.717) is 0 Å². The van der Waals surface area contributed by atoms with Gasteiger partial charge < -0.3 is 10.2 Å². The Labute approximate surface area is 156 Å². The van der Waals surface area contributed by atoms with Crippen molar-refractivity contribution in [2.45, 2.75) is 71.1 Å². The summed E-state index contributed by atoms with van der Waals surface area (Å²) in [6.45, 7) is 2.23. The molecule has 118 valence electrons. The van der Waals surface area contributed by atoms with Gasteiger partial charge in [-0.2, -0.15) is 0 Å². The van der Waals surface area contributed by atoms with Gasteiger partial charge in [0.25, 0.3) is 0 Å². The Morgan fingerprint density at radius 3 is 2.05 bits per heavy atom. The van der Waals surface area contributed by atoms with Crippen LogP contribution in [-0.4, -0.2) is 11.1 Å². The normalized spacial score (nSPS) is 10.2. The fourth-order valence-corrected chi connectivity index (χ4v) is 2.57. The minimum atomic E-state index is -1.03. The van der Waals surface area contributed by atoms with Gasteiger partial charge >= 0.3 is 35.5 Å². The van der Waals surface area contributed by atoms with Crippen molar-refractivity contribution >= 4 is 5.97 Å². The van der Waals surface area contributed by atoms with Crippen LogP contribution in [0.5, 0.6) is 5.75 Å². The smallest absolute Gasteiger partial charge is 0.872 e. The molecule has 0 saturated heterocycles. The minimum Gasteiger partial charge on any atom is -0.872 e. The number of benzene rings is 1. The maximum Gasteiger partial charge on any atom is 1.00 e. The molecule has 0 aromatic heterocycles. The van der Waals surface area contributed by atoms with E-state index in [1.165, 1.54) is 51.0 Å². The Balaban J connectivity index is 0.00000441. The van der Waals surface area contributed by atoms with Crippen LogP contribution in [0.4, 0.5) is 0 Å². The third kappa shape index (κ3) is 9.50. The van der Waals surface area contributed by atoms with Crippen molar-refractivity contribution in [1.29, 1.82) is 0 Å². The van der Waals surface area contributed by atoms with E-state index in [-0.39, 0.29) is 40.9 Å². The number of carboxylic acids is 1. The molecule has 3 nitrogen and oxygen atoms in total. The summed E-state index contributed by atoms with van der Waals surface area (Å²) in [5.41, 5.74) is 0.955. The molecular formula is C18H27NaO3. The fraction of sp³-hybridized carbons (Fsp3) is 0.611. The quantitative estimate of drug-likeness (QED) is 0.498. The van der Waals surface area contributed by atoms with Crippen LogP contribution in [0.1, 0.15) is 80.6 Å². The van der Waals surface area contributed by atoms with E-state index in [0.717, 1.165) is 24.8 Å². The summed E-state index contributed by atoms with van der Waals surface area (Å²) in [4.78, 5) is 10.9. The van der Waals surface area contributed by atoms with Crippen molar-refractivity contribution in [3.63, 3.8) is 0 Å². The Kier molecular flexibility index (Phi) is 12.7. The van der Waals surface area contributed by atoms with Gasteiger partial charge in [-0.1, -0.05) is 70.4 Å². The predicted octanol–water partition coefficient (Wildman–Crippen LogP) is 1.54. The molecule has 0 aliphatic rings. The molecule has 1 aromatic rings. The van der Waals surface area contributed by atoms with Crippen molar-refractivity contribution < 1.29 is 44.6 Å². The first-order chi connectivity index (χ1) is 10.1. The van der Waals surface area contributed by atoms with Crippen molar-refractivity contribution in [3.8, 4) is 5.75 Å². The summed E-state index contributed by atoms with van der Waals surface area (Å²) >= 11 is 0. The monoisotopic (exact) mass is 314 g/mol. The molecule has 0 fully saturated rings. The van der Waals surface area contributed by atoms with Gasteiger partial charge in [-0.3, -0.25) is 0 Å². The van der Waals surface area contributed by atoms with E-state index in [9.17, 15) is 9.90 Å². The first-order valence-electron chi connectivity index (χ1n) is 8.17. The zero-order valence-electron chi connectivity index (χ0n) is 14.1. The first-order valence-corrected chi connectivity index (χ1v) is 8.17. The molecule has 4 heteroatoms. The molecule has 0 aliphatic carbocycles. The summed E-state index contributed by atoms with van der Waals surface area (Å²) in [5.74, 6) is -1.23. The van der Waals surface area contributed by atoms with E-state index in [1.807, 2.05) is 0 Å². The zero-order chi connectivity index (χ0) is 15.5. The van der Waals surface area contributed by atoms with Crippen LogP contribution < -0.4 is 34.7 Å². The molecule has 0 aliphatic heterocycles. The third-order valence-electron chi connectivity index (χ3n) is 3.78. The van der Waals surface area contributed by atoms with Crippen LogP contribution in [0.15, 0.2) is 18.2 Å². The summed E-state index contributed by atoms with van der Waals surface area (Å²) in [7, 11) is 0. The molecule has 0 atom stereocenters. The van der Waals surface area contributed by atoms with Gasteiger partial charge in [-0.15, -0.1) is 5.75 Å². The molecule has 0 saturated carbocycles. The number of carboxylic acid groups (broad SMARTS) is 1. The van der Waals surface area contributed by atoms with Crippen molar-refractivity contribution in [2.75, 3.05) is 0 Å². The van der Waals surface area contributed by atoms with Gasteiger partial charge in [0.15, 0.2) is 0 Å². The van der Waals surface area contributed by atoms with Crippen LogP contribution in [-0.2, 0) is 6.42 Å². The average molecular weight is 314 g/mol. The van der Waals surface area contributed by atoms with Crippen molar-refractivity contribution in [1.82, 2.24) is 0 Å². The molecular weight excluding hydrogens is 287 g/mol. The van der Waals surface area contributed by atoms with E-state index >= 15 is 0 Å². The van der Waals surface area contributed by atoms with Crippen molar-refractivity contribution in [2.24, 2.45) is 0 Å². The molecule has 0 radical (unpaired) electrons. The predicted molar refractivity (Wildman–Crippen MR) is 83.8 cm³/mol. The topological polar surface area (TPSA) is 60.4 Å². The Morgan fingerprint density at radius 2 is 1.50 bits per heavy atom. The van der Waals surface area contributed by atoms with Gasteiger partial charge in [0.05, 0.1) is 5.56 Å². The Bertz CT molecular complexity index is 432. The zero-order valence-corrected chi connectivity index (χ0v) is 16.1. The van der Waals surface area contributed by atoms with Crippen LogP contribution >= 0.6 is 0 Å². The molecule has 0 unspecified atom stereocenters. The number of aryl methyl sites for hydroxylation is 1. The molecule has 0 bridgehead atoms. The van der Waals surface area contributed by atoms with Gasteiger partial charge in [-0.25, -0.2) is 4.79 Å². The second kappa shape index (κ2) is 13.0. The van der Waals surface area contributed by atoms with E-state index in [2.05, 4.69) is 6.92 Å². The number of aromatic carboxylic acids is 1. The van der Waals surface area contributed by atoms with E-state index in [4.69, 9.17) is 5.11 Å². The summed E-state index contributed by atoms with van der Waals surface area (Å²) in [5, 5.41) is 20.3.